The van der Waals surface area contributed by atoms with E-state index in [-0.39, 0.29) is 17.1 Å². The van der Waals surface area contributed by atoms with Crippen molar-refractivity contribution in [1.82, 2.24) is 4.98 Å². The topological polar surface area (TPSA) is 83.6 Å². The highest BCUT2D eigenvalue weighted by molar-refractivity contribution is 8.00. The predicted octanol–water partition coefficient (Wildman–Crippen LogP) is 2.60. The Morgan fingerprint density at radius 1 is 1.30 bits per heavy atom. The number of benzene rings is 1. The molecule has 3 heterocycles. The van der Waals surface area contributed by atoms with E-state index >= 15 is 0 Å². The van der Waals surface area contributed by atoms with Crippen molar-refractivity contribution >= 4 is 40.8 Å². The van der Waals surface area contributed by atoms with E-state index in [0.29, 0.717) is 30.2 Å². The monoisotopic (exact) mass is 384 g/mol. The summed E-state index contributed by atoms with van der Waals surface area (Å²) in [7, 11) is 0. The first kappa shape index (κ1) is 17.8. The summed E-state index contributed by atoms with van der Waals surface area (Å²) in [6.45, 7) is 4.89. The van der Waals surface area contributed by atoms with Gasteiger partial charge in [0.1, 0.15) is 5.82 Å². The highest BCUT2D eigenvalue weighted by atomic mass is 32.2. The molecule has 2 amide bonds. The fourth-order valence-corrected chi connectivity index (χ4v) is 3.92. The molecule has 0 bridgehead atoms. The normalized spacial score (nSPS) is 19.2. The fourth-order valence-electron chi connectivity index (χ4n) is 2.99. The fraction of sp³-hybridized carbons (Fsp3) is 0.316. The maximum Gasteiger partial charge on any atom is 0.255 e. The third kappa shape index (κ3) is 3.91. The van der Waals surface area contributed by atoms with E-state index in [1.54, 1.807) is 18.3 Å². The molecule has 0 spiro atoms. The molecule has 27 heavy (non-hydrogen) atoms. The Bertz CT molecular complexity index is 866. The molecule has 1 saturated heterocycles. The Hall–Kier alpha value is -2.58. The zero-order valence-electron chi connectivity index (χ0n) is 14.9. The number of nitrogens with zero attached hydrogens (tertiary/aromatic N) is 2. The van der Waals surface area contributed by atoms with Crippen molar-refractivity contribution in [2.24, 2.45) is 0 Å². The number of carbonyl (C=O) groups is 2. The number of hydrogen-bond donors (Lipinski definition) is 2. The summed E-state index contributed by atoms with van der Waals surface area (Å²) < 4.78 is 5.34. The number of thioether (sulfide) groups is 1. The molecule has 2 N–H and O–H groups in total. The van der Waals surface area contributed by atoms with Gasteiger partial charge in [-0.25, -0.2) is 4.98 Å². The van der Waals surface area contributed by atoms with Crippen molar-refractivity contribution in [2.75, 3.05) is 41.8 Å². The number of ether oxygens (including phenoxy) is 1. The molecule has 0 radical (unpaired) electrons. The second-order valence-electron chi connectivity index (χ2n) is 6.42. The zero-order chi connectivity index (χ0) is 18.8. The Labute approximate surface area is 161 Å². The number of carbonyl (C=O) groups excluding carboxylic acids is 2. The van der Waals surface area contributed by atoms with Gasteiger partial charge in [-0.15, -0.1) is 11.8 Å². The highest BCUT2D eigenvalue weighted by Gasteiger charge is 2.23. The van der Waals surface area contributed by atoms with Gasteiger partial charge < -0.3 is 20.3 Å². The molecule has 7 nitrogen and oxygen atoms in total. The summed E-state index contributed by atoms with van der Waals surface area (Å²) in [4.78, 5) is 31.9. The van der Waals surface area contributed by atoms with E-state index in [4.69, 9.17) is 4.74 Å². The van der Waals surface area contributed by atoms with Crippen molar-refractivity contribution in [3.05, 3.63) is 42.1 Å². The number of nitrogens with one attached hydrogen (secondary N) is 2. The lowest BCUT2D eigenvalue weighted by molar-refractivity contribution is -0.115. The average molecular weight is 384 g/mol. The van der Waals surface area contributed by atoms with E-state index in [9.17, 15) is 9.59 Å². The van der Waals surface area contributed by atoms with Crippen molar-refractivity contribution in [1.29, 1.82) is 0 Å². The second kappa shape index (κ2) is 7.58. The van der Waals surface area contributed by atoms with Gasteiger partial charge in [-0.1, -0.05) is 0 Å². The second-order valence-corrected chi connectivity index (χ2v) is 7.80. The van der Waals surface area contributed by atoms with Crippen LogP contribution in [0.3, 0.4) is 0 Å². The molecule has 0 saturated carbocycles. The van der Waals surface area contributed by atoms with Crippen LogP contribution in [-0.4, -0.2) is 48.4 Å². The van der Waals surface area contributed by atoms with Gasteiger partial charge in [-0.2, -0.15) is 0 Å². The third-order valence-corrected chi connectivity index (χ3v) is 5.69. The van der Waals surface area contributed by atoms with E-state index in [1.807, 2.05) is 25.1 Å². The zero-order valence-corrected chi connectivity index (χ0v) is 15.7. The van der Waals surface area contributed by atoms with E-state index < -0.39 is 0 Å². The smallest absolute Gasteiger partial charge is 0.255 e. The SMILES string of the molecule is CC1Sc2ccc(C(=O)Nc3ccc(N4CCOCC4)nc3)cc2NC1=O. The minimum absolute atomic E-state index is 0.0482. The Morgan fingerprint density at radius 2 is 2.11 bits per heavy atom. The molecule has 4 rings (SSSR count). The quantitative estimate of drug-likeness (QED) is 0.846. The Balaban J connectivity index is 1.44. The predicted molar refractivity (Wildman–Crippen MR) is 106 cm³/mol. The van der Waals surface area contributed by atoms with Gasteiger partial charge in [0.05, 0.1) is 36.0 Å². The van der Waals surface area contributed by atoms with Crippen LogP contribution in [0.5, 0.6) is 0 Å². The molecule has 1 atom stereocenters. The molecule has 1 fully saturated rings. The minimum atomic E-state index is -0.239. The number of aromatic nitrogens is 1. The van der Waals surface area contributed by atoms with Crippen molar-refractivity contribution < 1.29 is 14.3 Å². The number of morpholine rings is 1. The standard InChI is InChI=1S/C19H20N4O3S/c1-12-18(24)22-15-10-13(2-4-16(15)27-12)19(25)21-14-3-5-17(20-11-14)23-6-8-26-9-7-23/h2-5,10-12H,6-9H2,1H3,(H,21,25)(H,22,24). The molecule has 140 valence electrons. The molecule has 2 aliphatic rings. The van der Waals surface area contributed by atoms with Crippen LogP contribution in [0.25, 0.3) is 0 Å². The summed E-state index contributed by atoms with van der Waals surface area (Å²) in [6.07, 6.45) is 1.65. The summed E-state index contributed by atoms with van der Waals surface area (Å²) in [6, 6.07) is 9.07. The number of rotatable bonds is 3. The average Bonchev–Trinajstić information content (AvgIpc) is 2.70. The first-order valence-electron chi connectivity index (χ1n) is 8.82. The number of hydrogen-bond acceptors (Lipinski definition) is 6. The largest absolute Gasteiger partial charge is 0.378 e. The van der Waals surface area contributed by atoms with Gasteiger partial charge in [0.25, 0.3) is 5.91 Å². The van der Waals surface area contributed by atoms with Crippen LogP contribution in [-0.2, 0) is 9.53 Å². The Morgan fingerprint density at radius 3 is 2.85 bits per heavy atom. The first-order chi connectivity index (χ1) is 13.1. The first-order valence-corrected chi connectivity index (χ1v) is 9.70. The molecular formula is C19H20N4O3S. The molecule has 1 aromatic heterocycles. The van der Waals surface area contributed by atoms with E-state index in [1.165, 1.54) is 11.8 Å². The number of fused-ring (bicyclic) bond motifs is 1. The highest BCUT2D eigenvalue weighted by Crippen LogP contribution is 2.36. The van der Waals surface area contributed by atoms with Crippen molar-refractivity contribution in [3.8, 4) is 0 Å². The Kier molecular flexibility index (Phi) is 5.00. The molecule has 1 aromatic carbocycles. The maximum atomic E-state index is 12.5. The third-order valence-electron chi connectivity index (χ3n) is 4.51. The lowest BCUT2D eigenvalue weighted by Gasteiger charge is -2.27. The van der Waals surface area contributed by atoms with Gasteiger partial charge in [0.15, 0.2) is 0 Å². The molecular weight excluding hydrogens is 364 g/mol. The summed E-state index contributed by atoms with van der Waals surface area (Å²) in [5.74, 6) is 0.587. The number of pyridine rings is 1. The van der Waals surface area contributed by atoms with Gasteiger partial charge in [0, 0.05) is 23.5 Å². The molecule has 1 unspecified atom stereocenters. The lowest BCUT2D eigenvalue weighted by Crippen LogP contribution is -2.36. The lowest BCUT2D eigenvalue weighted by atomic mass is 10.1. The minimum Gasteiger partial charge on any atom is -0.378 e. The number of amides is 2. The van der Waals surface area contributed by atoms with Crippen LogP contribution in [0, 0.1) is 0 Å². The van der Waals surface area contributed by atoms with Crippen LogP contribution in [0.1, 0.15) is 17.3 Å². The summed E-state index contributed by atoms with van der Waals surface area (Å²) >= 11 is 1.49. The molecule has 8 heteroatoms. The van der Waals surface area contributed by atoms with Crippen molar-refractivity contribution in [3.63, 3.8) is 0 Å². The van der Waals surface area contributed by atoms with E-state index in [2.05, 4.69) is 20.5 Å². The van der Waals surface area contributed by atoms with Gasteiger partial charge >= 0.3 is 0 Å². The van der Waals surface area contributed by atoms with Crippen LogP contribution in [0.15, 0.2) is 41.4 Å². The van der Waals surface area contributed by atoms with Gasteiger partial charge in [-0.3, -0.25) is 9.59 Å². The van der Waals surface area contributed by atoms with Gasteiger partial charge in [-0.05, 0) is 37.3 Å². The van der Waals surface area contributed by atoms with Crippen LogP contribution < -0.4 is 15.5 Å². The molecule has 2 aromatic rings. The summed E-state index contributed by atoms with van der Waals surface area (Å²) in [5, 5.41) is 5.56. The number of anilines is 3. The van der Waals surface area contributed by atoms with Crippen LogP contribution >= 0.6 is 11.8 Å². The van der Waals surface area contributed by atoms with Gasteiger partial charge in [0.2, 0.25) is 5.91 Å². The molecule has 0 aliphatic carbocycles. The van der Waals surface area contributed by atoms with Crippen LogP contribution in [0.2, 0.25) is 0 Å². The summed E-state index contributed by atoms with van der Waals surface area (Å²) in [5.41, 5.74) is 1.79. The maximum absolute atomic E-state index is 12.5. The van der Waals surface area contributed by atoms with Crippen molar-refractivity contribution in [2.45, 2.75) is 17.1 Å². The van der Waals surface area contributed by atoms with Crippen LogP contribution in [0.4, 0.5) is 17.2 Å². The molecule has 2 aliphatic heterocycles. The van der Waals surface area contributed by atoms with E-state index in [0.717, 1.165) is 23.8 Å².